The van der Waals surface area contributed by atoms with E-state index in [1.54, 1.807) is 12.0 Å². The minimum Gasteiger partial charge on any atom is -0.382 e. The molecule has 0 atom stereocenters. The fourth-order valence-corrected chi connectivity index (χ4v) is 5.75. The monoisotopic (exact) mass is 644 g/mol. The molecule has 0 saturated heterocycles. The summed E-state index contributed by atoms with van der Waals surface area (Å²) in [6, 6.07) is 19.2. The third kappa shape index (κ3) is 7.99. The molecule has 0 radical (unpaired) electrons. The predicted molar refractivity (Wildman–Crippen MR) is 173 cm³/mol. The molecule has 0 spiro atoms. The number of anilines is 1. The van der Waals surface area contributed by atoms with E-state index in [2.05, 4.69) is 10.3 Å². The van der Waals surface area contributed by atoms with Crippen LogP contribution in [-0.2, 0) is 25.6 Å². The number of rotatable bonds is 15. The number of ether oxygens (including phenoxy) is 2. The number of carbonyl (C=O) groups is 2. The largest absolute Gasteiger partial charge is 0.382 e. The van der Waals surface area contributed by atoms with Crippen LogP contribution < -0.4 is 4.90 Å². The molecule has 0 unspecified atom stereocenters. The number of carbonyl (C=O) groups excluding carboxylic acids is 2. The van der Waals surface area contributed by atoms with Gasteiger partial charge in [0.2, 0.25) is 5.91 Å². The van der Waals surface area contributed by atoms with Crippen LogP contribution in [0.3, 0.4) is 0 Å². The lowest BCUT2D eigenvalue weighted by molar-refractivity contribution is -0.121. The van der Waals surface area contributed by atoms with Gasteiger partial charge in [0.15, 0.2) is 12.6 Å². The molecule has 1 aliphatic rings. The van der Waals surface area contributed by atoms with Crippen LogP contribution in [0.1, 0.15) is 67.8 Å². The zero-order valence-corrected chi connectivity index (χ0v) is 26.3. The number of unbranched alkanes of at least 4 members (excludes halogenated alkanes) is 1. The highest BCUT2D eigenvalue weighted by Gasteiger charge is 2.30. The Morgan fingerprint density at radius 1 is 0.809 bits per heavy atom. The number of ketones is 1. The SMILES string of the molecule is COCCOCCCC(=O)CCCCC(=O)N1Cc2ccccc2-c2c(nnn2-c2cc(C(O)O)ccc2C(O)O)-c2ccccc21. The van der Waals surface area contributed by atoms with Gasteiger partial charge in [-0.3, -0.25) is 9.59 Å². The van der Waals surface area contributed by atoms with Gasteiger partial charge in [0, 0.05) is 55.2 Å². The number of nitrogens with zero attached hydrogens (tertiary/aromatic N) is 4. The molecule has 1 amide bonds. The van der Waals surface area contributed by atoms with Crippen LogP contribution in [-0.4, -0.2) is 74.0 Å². The van der Waals surface area contributed by atoms with Crippen molar-refractivity contribution in [3.8, 4) is 28.2 Å². The molecule has 1 aromatic heterocycles. The Kier molecular flexibility index (Phi) is 11.6. The molecule has 1 aliphatic heterocycles. The number of methoxy groups -OCH3 is 1. The zero-order chi connectivity index (χ0) is 33.3. The number of fused-ring (bicyclic) bond motifs is 5. The quantitative estimate of drug-likeness (QED) is 0.110. The second-order valence-electron chi connectivity index (χ2n) is 11.4. The number of para-hydroxylation sites is 1. The van der Waals surface area contributed by atoms with Crippen molar-refractivity contribution in [3.63, 3.8) is 0 Å². The van der Waals surface area contributed by atoms with Gasteiger partial charge in [-0.05, 0) is 37.0 Å². The molecule has 0 saturated carbocycles. The topological polar surface area (TPSA) is 167 Å². The lowest BCUT2D eigenvalue weighted by atomic mass is 9.95. The van der Waals surface area contributed by atoms with E-state index in [1.165, 1.54) is 22.9 Å². The van der Waals surface area contributed by atoms with Crippen molar-refractivity contribution in [2.24, 2.45) is 0 Å². The average Bonchev–Trinajstić information content (AvgIpc) is 3.50. The first-order valence-corrected chi connectivity index (χ1v) is 15.7. The highest BCUT2D eigenvalue weighted by atomic mass is 16.5. The van der Waals surface area contributed by atoms with Gasteiger partial charge in [-0.15, -0.1) is 5.10 Å². The summed E-state index contributed by atoms with van der Waals surface area (Å²) >= 11 is 0. The summed E-state index contributed by atoms with van der Waals surface area (Å²) in [4.78, 5) is 27.9. The van der Waals surface area contributed by atoms with Crippen LogP contribution in [0, 0.1) is 0 Å². The van der Waals surface area contributed by atoms with E-state index in [0.717, 1.165) is 11.1 Å². The van der Waals surface area contributed by atoms with Gasteiger partial charge in [-0.2, -0.15) is 0 Å². The summed E-state index contributed by atoms with van der Waals surface area (Å²) < 4.78 is 11.8. The first kappa shape index (κ1) is 34.0. The summed E-state index contributed by atoms with van der Waals surface area (Å²) in [5.74, 6) is 0.0715. The number of aromatic nitrogens is 3. The van der Waals surface area contributed by atoms with Crippen molar-refractivity contribution >= 4 is 17.4 Å². The number of aliphatic hydroxyl groups excluding tert-OH is 2. The Labute approximate surface area is 272 Å². The number of benzene rings is 3. The van der Waals surface area contributed by atoms with Crippen LogP contribution >= 0.6 is 0 Å². The molecule has 0 bridgehead atoms. The van der Waals surface area contributed by atoms with Gasteiger partial charge in [0.1, 0.15) is 17.2 Å². The predicted octanol–water partition coefficient (Wildman–Crippen LogP) is 3.99. The molecule has 12 nitrogen and oxygen atoms in total. The highest BCUT2D eigenvalue weighted by Crippen LogP contribution is 2.42. The molecule has 4 aromatic rings. The van der Waals surface area contributed by atoms with Gasteiger partial charge in [0.05, 0.1) is 31.1 Å². The van der Waals surface area contributed by atoms with Crippen LogP contribution in [0.5, 0.6) is 0 Å². The maximum Gasteiger partial charge on any atom is 0.227 e. The Bertz CT molecular complexity index is 1690. The third-order valence-corrected chi connectivity index (χ3v) is 8.15. The van der Waals surface area contributed by atoms with Crippen LogP contribution in [0.25, 0.3) is 28.2 Å². The molecule has 3 aromatic carbocycles. The first-order chi connectivity index (χ1) is 22.8. The number of Topliss-reactive ketones (excluding diaryl/α,β-unsaturated/α-hetero) is 1. The zero-order valence-electron chi connectivity index (χ0n) is 26.3. The standard InChI is InChI=1S/C35H40N4O8/c1-46-19-20-47-18-8-11-25(40)10-3-7-15-31(41)38-22-24-9-2-4-12-26(24)33-32(27-13-5-6-14-29(27)38)36-37-39(33)30-21-23(34(42)43)16-17-28(30)35(44)45/h2,4-6,9,12-14,16-17,21,34-35,42-45H,3,7-8,10-11,15,18-20,22H2,1H3. The summed E-state index contributed by atoms with van der Waals surface area (Å²) in [6.07, 6.45) is -0.697. The molecule has 47 heavy (non-hydrogen) atoms. The second kappa shape index (κ2) is 16.0. The van der Waals surface area contributed by atoms with E-state index >= 15 is 0 Å². The van der Waals surface area contributed by atoms with Crippen molar-refractivity contribution in [1.82, 2.24) is 15.0 Å². The Hall–Kier alpha value is -4.30. The van der Waals surface area contributed by atoms with E-state index in [0.29, 0.717) is 74.6 Å². The van der Waals surface area contributed by atoms with Crippen LogP contribution in [0.15, 0.2) is 66.7 Å². The lowest BCUT2D eigenvalue weighted by Crippen LogP contribution is -2.31. The minimum atomic E-state index is -1.87. The first-order valence-electron chi connectivity index (χ1n) is 15.7. The smallest absolute Gasteiger partial charge is 0.227 e. The number of hydrogen-bond acceptors (Lipinski definition) is 10. The second-order valence-corrected chi connectivity index (χ2v) is 11.4. The fourth-order valence-electron chi connectivity index (χ4n) is 5.75. The number of aliphatic hydroxyl groups is 4. The van der Waals surface area contributed by atoms with Crippen LogP contribution in [0.4, 0.5) is 5.69 Å². The minimum absolute atomic E-state index is 0.0857. The molecular formula is C35H40N4O8. The maximum atomic E-state index is 13.8. The molecule has 248 valence electrons. The van der Waals surface area contributed by atoms with Crippen molar-refractivity contribution in [2.45, 2.75) is 57.6 Å². The van der Waals surface area contributed by atoms with Crippen molar-refractivity contribution in [1.29, 1.82) is 0 Å². The number of hydrogen-bond donors (Lipinski definition) is 4. The maximum absolute atomic E-state index is 13.8. The van der Waals surface area contributed by atoms with Crippen molar-refractivity contribution in [3.05, 3.63) is 83.4 Å². The number of amides is 1. The summed E-state index contributed by atoms with van der Waals surface area (Å²) in [6.45, 7) is 1.80. The highest BCUT2D eigenvalue weighted by molar-refractivity contribution is 6.00. The molecule has 0 aliphatic carbocycles. The van der Waals surface area contributed by atoms with E-state index in [4.69, 9.17) is 9.47 Å². The molecule has 4 N–H and O–H groups in total. The van der Waals surface area contributed by atoms with E-state index in [-0.39, 0.29) is 41.5 Å². The van der Waals surface area contributed by atoms with E-state index < -0.39 is 12.6 Å². The summed E-state index contributed by atoms with van der Waals surface area (Å²) in [5, 5.41) is 49.0. The van der Waals surface area contributed by atoms with Crippen molar-refractivity contribution < 1.29 is 39.5 Å². The average molecular weight is 645 g/mol. The van der Waals surface area contributed by atoms with Crippen molar-refractivity contribution in [2.75, 3.05) is 31.8 Å². The normalized spacial score (nSPS) is 12.4. The third-order valence-electron chi connectivity index (χ3n) is 8.15. The molecule has 5 rings (SSSR count). The van der Waals surface area contributed by atoms with Gasteiger partial charge >= 0.3 is 0 Å². The molecular weight excluding hydrogens is 604 g/mol. The molecule has 12 heteroatoms. The molecule has 2 heterocycles. The molecule has 0 fully saturated rings. The van der Waals surface area contributed by atoms with Gasteiger partial charge in [-0.25, -0.2) is 4.68 Å². The van der Waals surface area contributed by atoms with E-state index in [9.17, 15) is 30.0 Å². The Morgan fingerprint density at radius 2 is 1.53 bits per heavy atom. The summed E-state index contributed by atoms with van der Waals surface area (Å²) in [5.41, 5.74) is 4.31. The lowest BCUT2D eigenvalue weighted by Gasteiger charge is -2.29. The Balaban J connectivity index is 1.41. The van der Waals surface area contributed by atoms with Gasteiger partial charge in [0.25, 0.3) is 0 Å². The van der Waals surface area contributed by atoms with Gasteiger partial charge in [-0.1, -0.05) is 59.8 Å². The summed E-state index contributed by atoms with van der Waals surface area (Å²) in [7, 11) is 1.61. The Morgan fingerprint density at radius 3 is 2.30 bits per heavy atom. The van der Waals surface area contributed by atoms with E-state index in [1.807, 2.05) is 48.5 Å². The fraction of sp³-hybridized carbons (Fsp3) is 0.371. The van der Waals surface area contributed by atoms with Crippen LogP contribution in [0.2, 0.25) is 0 Å². The van der Waals surface area contributed by atoms with Gasteiger partial charge < -0.3 is 34.8 Å².